The van der Waals surface area contributed by atoms with Gasteiger partial charge in [0, 0.05) is 22.5 Å². The molecule has 0 saturated carbocycles. The Labute approximate surface area is 157 Å². The van der Waals surface area contributed by atoms with Crippen LogP contribution in [0.5, 0.6) is 0 Å². The van der Waals surface area contributed by atoms with E-state index in [1.165, 1.54) is 6.34 Å². The smallest absolute Gasteiger partial charge is 0.204 e. The van der Waals surface area contributed by atoms with Gasteiger partial charge in [-0.15, -0.1) is 0 Å². The lowest BCUT2D eigenvalue weighted by atomic mass is 10.2. The van der Waals surface area contributed by atoms with Crippen LogP contribution in [0.4, 0.5) is 0 Å². The second-order valence-electron chi connectivity index (χ2n) is 6.70. The van der Waals surface area contributed by atoms with Gasteiger partial charge in [-0.25, -0.2) is 20.0 Å². The van der Waals surface area contributed by atoms with Crippen molar-refractivity contribution in [2.45, 2.75) is 0 Å². The minimum atomic E-state index is -0.1000. The molecule has 2 aromatic heterocycles. The Balaban J connectivity index is 1.75. The fourth-order valence-corrected chi connectivity index (χ4v) is 3.49. The summed E-state index contributed by atoms with van der Waals surface area (Å²) in [6, 6.07) is 11.4. The van der Waals surface area contributed by atoms with Gasteiger partial charge in [-0.05, 0) is 48.6 Å². The van der Waals surface area contributed by atoms with Crippen LogP contribution in [0.25, 0.3) is 35.0 Å². The Morgan fingerprint density at radius 3 is 2.57 bits per heavy atom. The van der Waals surface area contributed by atoms with Crippen molar-refractivity contribution in [1.82, 2.24) is 19.9 Å². The summed E-state index contributed by atoms with van der Waals surface area (Å²) in [6.07, 6.45) is 6.97. The van der Waals surface area contributed by atoms with Crippen molar-refractivity contribution in [2.24, 2.45) is 9.98 Å². The van der Waals surface area contributed by atoms with Gasteiger partial charge in [0.1, 0.15) is 17.7 Å². The minimum absolute atomic E-state index is 0.1000. The SMILES string of the molecule is O=C1C=c2cc3ccc(cc4nc(cc5nc(cc1[nH]2)C1=NC=NC=51)C=C4)[nH]3. The van der Waals surface area contributed by atoms with Crippen molar-refractivity contribution in [3.05, 3.63) is 69.9 Å². The van der Waals surface area contributed by atoms with Gasteiger partial charge in [-0.2, -0.15) is 0 Å². The monoisotopic (exact) mass is 364 g/mol. The van der Waals surface area contributed by atoms with Gasteiger partial charge in [0.25, 0.3) is 0 Å². The number of H-pyrrole nitrogens is 2. The molecule has 7 heteroatoms. The predicted octanol–water partition coefficient (Wildman–Crippen LogP) is 1.51. The fourth-order valence-electron chi connectivity index (χ4n) is 3.49. The summed E-state index contributed by atoms with van der Waals surface area (Å²) in [4.78, 5) is 36.8. The van der Waals surface area contributed by atoms with Crippen LogP contribution in [0.15, 0.2) is 46.4 Å². The number of hydrogen-bond acceptors (Lipinski definition) is 5. The average Bonchev–Trinajstić information content (AvgIpc) is 3.44. The van der Waals surface area contributed by atoms with E-state index in [-0.39, 0.29) is 5.78 Å². The molecule has 8 bridgehead atoms. The zero-order valence-corrected chi connectivity index (χ0v) is 14.5. The summed E-state index contributed by atoms with van der Waals surface area (Å²) in [5.41, 5.74) is 5.89. The predicted molar refractivity (Wildman–Crippen MR) is 108 cm³/mol. The number of nitrogens with one attached hydrogen (secondary N) is 2. The van der Waals surface area contributed by atoms with Crippen LogP contribution in [0, 0.1) is 0 Å². The van der Waals surface area contributed by atoms with Crippen molar-refractivity contribution >= 4 is 52.8 Å². The quantitative estimate of drug-likeness (QED) is 0.632. The zero-order valence-electron chi connectivity index (χ0n) is 14.5. The van der Waals surface area contributed by atoms with Crippen LogP contribution >= 0.6 is 0 Å². The number of rotatable bonds is 0. The zero-order chi connectivity index (χ0) is 18.7. The number of carbonyl (C=O) groups excluding carboxylic acids is 1. The molecule has 132 valence electrons. The van der Waals surface area contributed by atoms with Gasteiger partial charge in [0.2, 0.25) is 5.78 Å². The second kappa shape index (κ2) is 5.43. The molecular formula is C21H12N6O. The number of aromatic amines is 2. The first-order valence-electron chi connectivity index (χ1n) is 8.77. The van der Waals surface area contributed by atoms with E-state index in [1.54, 1.807) is 12.1 Å². The van der Waals surface area contributed by atoms with Crippen molar-refractivity contribution in [3.8, 4) is 0 Å². The fraction of sp³-hybridized carbons (Fsp3) is 0. The maximum atomic E-state index is 12.4. The Morgan fingerprint density at radius 2 is 1.68 bits per heavy atom. The van der Waals surface area contributed by atoms with E-state index in [9.17, 15) is 4.79 Å². The molecular weight excluding hydrogens is 352 g/mol. The van der Waals surface area contributed by atoms with Crippen LogP contribution < -0.4 is 10.7 Å². The third-order valence-corrected chi connectivity index (χ3v) is 4.75. The lowest BCUT2D eigenvalue weighted by molar-refractivity contribution is 0.106. The summed E-state index contributed by atoms with van der Waals surface area (Å²) in [6.45, 7) is 0. The standard InChI is InChI=1S/C21H12N6O/c28-19-8-15-6-13-2-1-11(24-13)5-12-3-4-14(25-12)7-17-20-21(23-10-22-20)18(27-17)9-16(19)26-15/h1-10,24,26H. The number of nitrogens with zero attached hydrogens (tertiary/aromatic N) is 4. The van der Waals surface area contributed by atoms with Crippen LogP contribution in [0.2, 0.25) is 0 Å². The molecule has 0 radical (unpaired) electrons. The first-order valence-corrected chi connectivity index (χ1v) is 8.77. The first kappa shape index (κ1) is 15.0. The Bertz CT molecular complexity index is 1480. The van der Waals surface area contributed by atoms with E-state index >= 15 is 0 Å². The largest absolute Gasteiger partial charge is 0.355 e. The second-order valence-corrected chi connectivity index (χ2v) is 6.70. The van der Waals surface area contributed by atoms with E-state index in [1.807, 2.05) is 42.5 Å². The molecule has 0 atom stereocenters. The molecule has 0 unspecified atom stereocenters. The number of hydrogen-bond donors (Lipinski definition) is 2. The lowest BCUT2D eigenvalue weighted by Crippen LogP contribution is -2.03. The topological polar surface area (TPSA) is 99.2 Å². The van der Waals surface area contributed by atoms with Crippen molar-refractivity contribution < 1.29 is 4.79 Å². The number of aromatic nitrogens is 4. The molecule has 0 spiro atoms. The minimum Gasteiger partial charge on any atom is -0.355 e. The van der Waals surface area contributed by atoms with Gasteiger partial charge in [-0.3, -0.25) is 4.79 Å². The molecule has 0 aliphatic carbocycles. The summed E-state index contributed by atoms with van der Waals surface area (Å²) in [5, 5.41) is 1.40. The molecule has 2 aromatic rings. The summed E-state index contributed by atoms with van der Waals surface area (Å²) >= 11 is 0. The van der Waals surface area contributed by atoms with E-state index < -0.39 is 0 Å². The Hall–Kier alpha value is -4.13. The molecule has 4 aliphatic rings. The molecule has 0 fully saturated rings. The van der Waals surface area contributed by atoms with Crippen molar-refractivity contribution in [3.63, 3.8) is 0 Å². The summed E-state index contributed by atoms with van der Waals surface area (Å²) < 4.78 is 0. The van der Waals surface area contributed by atoms with Crippen LogP contribution in [-0.4, -0.2) is 37.8 Å². The molecule has 0 amide bonds. The van der Waals surface area contributed by atoms with E-state index in [4.69, 9.17) is 0 Å². The van der Waals surface area contributed by atoms with Gasteiger partial charge < -0.3 is 9.97 Å². The maximum absolute atomic E-state index is 12.4. The number of ketones is 1. The highest BCUT2D eigenvalue weighted by Crippen LogP contribution is 2.17. The lowest BCUT2D eigenvalue weighted by Gasteiger charge is -1.92. The van der Waals surface area contributed by atoms with Crippen LogP contribution in [-0.2, 0) is 0 Å². The maximum Gasteiger partial charge on any atom is 0.204 e. The third-order valence-electron chi connectivity index (χ3n) is 4.75. The summed E-state index contributed by atoms with van der Waals surface area (Å²) in [5.74, 6) is -0.1000. The molecule has 4 aliphatic heterocycles. The Morgan fingerprint density at radius 1 is 0.857 bits per heavy atom. The Kier molecular flexibility index (Phi) is 2.91. The number of aliphatic imine (C=N–C) groups is 2. The molecule has 7 nitrogen and oxygen atoms in total. The van der Waals surface area contributed by atoms with E-state index in [2.05, 4.69) is 29.9 Å². The molecule has 28 heavy (non-hydrogen) atoms. The first-order chi connectivity index (χ1) is 13.7. The van der Waals surface area contributed by atoms with Gasteiger partial charge in [0.15, 0.2) is 0 Å². The highest BCUT2D eigenvalue weighted by Gasteiger charge is 2.22. The highest BCUT2D eigenvalue weighted by atomic mass is 16.1. The van der Waals surface area contributed by atoms with Crippen LogP contribution in [0.1, 0.15) is 27.6 Å². The molecule has 0 aromatic carbocycles. The van der Waals surface area contributed by atoms with Crippen LogP contribution in [0.3, 0.4) is 0 Å². The van der Waals surface area contributed by atoms with Gasteiger partial charge in [-0.1, -0.05) is 0 Å². The molecule has 6 rings (SSSR count). The number of carbonyl (C=O) groups is 1. The average molecular weight is 364 g/mol. The number of Topliss-reactive ketones (excluding diaryl/α,β-unsaturated/α-hetero) is 1. The third kappa shape index (κ3) is 2.34. The van der Waals surface area contributed by atoms with E-state index in [0.29, 0.717) is 33.5 Å². The molecule has 2 N–H and O–H groups in total. The van der Waals surface area contributed by atoms with Gasteiger partial charge in [0.05, 0.1) is 28.1 Å². The highest BCUT2D eigenvalue weighted by molar-refractivity contribution is 6.32. The normalized spacial score (nSPS) is 15.4. The van der Waals surface area contributed by atoms with Gasteiger partial charge >= 0.3 is 0 Å². The van der Waals surface area contributed by atoms with Crippen molar-refractivity contribution in [2.75, 3.05) is 0 Å². The van der Waals surface area contributed by atoms with E-state index in [0.717, 1.165) is 22.4 Å². The van der Waals surface area contributed by atoms with Crippen molar-refractivity contribution in [1.29, 1.82) is 0 Å². The molecule has 0 saturated heterocycles. The summed E-state index contributed by atoms with van der Waals surface area (Å²) in [7, 11) is 0. The number of fused-ring (bicyclic) bond motifs is 10. The molecule has 6 heterocycles.